The monoisotopic (exact) mass is 148 g/mol. The van der Waals surface area contributed by atoms with Gasteiger partial charge in [0.15, 0.2) is 0 Å². The summed E-state index contributed by atoms with van der Waals surface area (Å²) >= 11 is 5.36. The minimum absolute atomic E-state index is 0.232. The molecule has 0 fully saturated rings. The lowest BCUT2D eigenvalue weighted by atomic mass is 10.5. The maximum absolute atomic E-state index is 10.5. The van der Waals surface area contributed by atoms with Crippen molar-refractivity contribution in [2.45, 2.75) is 12.3 Å². The molecule has 3 heteroatoms. The molecule has 0 rings (SSSR count). The van der Waals surface area contributed by atoms with Crippen LogP contribution < -0.4 is 0 Å². The Morgan fingerprint density at radius 1 is 2.00 bits per heavy atom. The van der Waals surface area contributed by atoms with E-state index in [4.69, 9.17) is 11.6 Å². The third-order valence-corrected chi connectivity index (χ3v) is 0.846. The molecule has 0 amide bonds. The van der Waals surface area contributed by atoms with Crippen molar-refractivity contribution in [3.63, 3.8) is 0 Å². The van der Waals surface area contributed by atoms with E-state index in [1.807, 2.05) is 0 Å². The van der Waals surface area contributed by atoms with Gasteiger partial charge in [-0.15, -0.1) is 11.6 Å². The number of halogens is 1. The van der Waals surface area contributed by atoms with E-state index in [9.17, 15) is 4.79 Å². The Hall–Kier alpha value is -0.500. The van der Waals surface area contributed by atoms with Gasteiger partial charge in [-0.1, -0.05) is 12.7 Å². The molecule has 9 heavy (non-hydrogen) atoms. The van der Waals surface area contributed by atoms with Gasteiger partial charge in [0.05, 0.1) is 0 Å². The summed E-state index contributed by atoms with van der Waals surface area (Å²) in [5.74, 6) is -0.406. The first kappa shape index (κ1) is 8.50. The van der Waals surface area contributed by atoms with Crippen LogP contribution in [0.5, 0.6) is 0 Å². The van der Waals surface area contributed by atoms with Crippen LogP contribution in [0, 0.1) is 0 Å². The molecule has 0 aromatic heterocycles. The quantitative estimate of drug-likeness (QED) is 0.343. The number of esters is 1. The second-order valence-electron chi connectivity index (χ2n) is 1.53. The minimum Gasteiger partial charge on any atom is -0.460 e. The van der Waals surface area contributed by atoms with E-state index in [1.54, 1.807) is 6.92 Å². The molecular formula is C6H9ClO2. The van der Waals surface area contributed by atoms with Gasteiger partial charge in [0, 0.05) is 0 Å². The van der Waals surface area contributed by atoms with Gasteiger partial charge in [-0.3, -0.25) is 4.79 Å². The van der Waals surface area contributed by atoms with Crippen LogP contribution in [0.4, 0.5) is 0 Å². The Morgan fingerprint density at radius 3 is 2.89 bits per heavy atom. The van der Waals surface area contributed by atoms with Crippen molar-refractivity contribution in [2.75, 3.05) is 6.61 Å². The van der Waals surface area contributed by atoms with Gasteiger partial charge in [-0.05, 0) is 6.92 Å². The van der Waals surface area contributed by atoms with Crippen LogP contribution >= 0.6 is 11.6 Å². The molecule has 2 nitrogen and oxygen atoms in total. The molecule has 0 saturated heterocycles. The number of carbonyl (C=O) groups excluding carboxylic acids is 1. The fourth-order valence-corrected chi connectivity index (χ4v) is 0.319. The lowest BCUT2D eigenvalue weighted by Crippen LogP contribution is -2.13. The highest BCUT2D eigenvalue weighted by molar-refractivity contribution is 6.29. The summed E-state index contributed by atoms with van der Waals surface area (Å²) in [5.41, 5.74) is 0. The molecule has 0 aromatic carbocycles. The van der Waals surface area contributed by atoms with E-state index < -0.39 is 11.3 Å². The number of hydrogen-bond acceptors (Lipinski definition) is 2. The molecule has 0 aliphatic rings. The van der Waals surface area contributed by atoms with Crippen LogP contribution in [-0.4, -0.2) is 18.0 Å². The van der Waals surface area contributed by atoms with Gasteiger partial charge < -0.3 is 4.74 Å². The van der Waals surface area contributed by atoms with E-state index >= 15 is 0 Å². The summed E-state index contributed by atoms with van der Waals surface area (Å²) in [5, 5.41) is -0.565. The molecule has 0 radical (unpaired) electrons. The normalized spacial score (nSPS) is 12.2. The standard InChI is InChI=1S/C6H9ClO2/c1-3-4-9-6(8)5(2)7/h3,5H,1,4H2,2H3. The van der Waals surface area contributed by atoms with Crippen LogP contribution in [0.2, 0.25) is 0 Å². The predicted molar refractivity (Wildman–Crippen MR) is 36.5 cm³/mol. The maximum Gasteiger partial charge on any atom is 0.324 e. The highest BCUT2D eigenvalue weighted by Crippen LogP contribution is 1.95. The average Bonchev–Trinajstić information content (AvgIpc) is 1.82. The fourth-order valence-electron chi connectivity index (χ4n) is 0.256. The second kappa shape index (κ2) is 4.39. The summed E-state index contributed by atoms with van der Waals surface area (Å²) in [4.78, 5) is 10.5. The van der Waals surface area contributed by atoms with Gasteiger partial charge in [0.25, 0.3) is 0 Å². The first-order valence-corrected chi connectivity index (χ1v) is 3.03. The molecule has 1 atom stereocenters. The number of rotatable bonds is 3. The van der Waals surface area contributed by atoms with Gasteiger partial charge in [-0.2, -0.15) is 0 Å². The van der Waals surface area contributed by atoms with E-state index in [-0.39, 0.29) is 6.61 Å². The van der Waals surface area contributed by atoms with E-state index in [0.29, 0.717) is 0 Å². The van der Waals surface area contributed by atoms with Crippen LogP contribution in [-0.2, 0) is 9.53 Å². The van der Waals surface area contributed by atoms with Gasteiger partial charge in [-0.25, -0.2) is 0 Å². The summed E-state index contributed by atoms with van der Waals surface area (Å²) < 4.78 is 4.56. The summed E-state index contributed by atoms with van der Waals surface area (Å²) in [6.07, 6.45) is 1.50. The minimum atomic E-state index is -0.565. The van der Waals surface area contributed by atoms with Crippen molar-refractivity contribution in [1.82, 2.24) is 0 Å². The third-order valence-electron chi connectivity index (χ3n) is 0.668. The lowest BCUT2D eigenvalue weighted by Gasteiger charge is -2.00. The molecule has 0 heterocycles. The highest BCUT2D eigenvalue weighted by atomic mass is 35.5. The maximum atomic E-state index is 10.5. The van der Waals surface area contributed by atoms with Gasteiger partial charge >= 0.3 is 5.97 Å². The van der Waals surface area contributed by atoms with Crippen molar-refractivity contribution in [1.29, 1.82) is 0 Å². The molecule has 1 unspecified atom stereocenters. The Labute approximate surface area is 59.5 Å². The molecule has 0 N–H and O–H groups in total. The largest absolute Gasteiger partial charge is 0.460 e. The zero-order valence-electron chi connectivity index (χ0n) is 5.26. The summed E-state index contributed by atoms with van der Waals surface area (Å²) in [7, 11) is 0. The molecule has 0 aliphatic carbocycles. The van der Waals surface area contributed by atoms with Gasteiger partial charge in [0.1, 0.15) is 12.0 Å². The lowest BCUT2D eigenvalue weighted by molar-refractivity contribution is -0.141. The van der Waals surface area contributed by atoms with E-state index in [2.05, 4.69) is 11.3 Å². The molecule has 0 spiro atoms. The van der Waals surface area contributed by atoms with Crippen molar-refractivity contribution < 1.29 is 9.53 Å². The first-order chi connectivity index (χ1) is 4.18. The zero-order valence-corrected chi connectivity index (χ0v) is 6.02. The molecule has 0 saturated carbocycles. The fraction of sp³-hybridized carbons (Fsp3) is 0.500. The number of hydrogen-bond donors (Lipinski definition) is 0. The average molecular weight is 149 g/mol. The van der Waals surface area contributed by atoms with Crippen LogP contribution in [0.15, 0.2) is 12.7 Å². The van der Waals surface area contributed by atoms with E-state index in [1.165, 1.54) is 6.08 Å². The molecular weight excluding hydrogens is 140 g/mol. The third kappa shape index (κ3) is 4.03. The summed E-state index contributed by atoms with van der Waals surface area (Å²) in [6, 6.07) is 0. The highest BCUT2D eigenvalue weighted by Gasteiger charge is 2.08. The molecule has 0 aliphatic heterocycles. The first-order valence-electron chi connectivity index (χ1n) is 2.60. The van der Waals surface area contributed by atoms with Crippen LogP contribution in [0.25, 0.3) is 0 Å². The Bertz CT molecular complexity index is 110. The summed E-state index contributed by atoms with van der Waals surface area (Å²) in [6.45, 7) is 5.17. The second-order valence-corrected chi connectivity index (χ2v) is 2.19. The molecule has 52 valence electrons. The van der Waals surface area contributed by atoms with Crippen molar-refractivity contribution in [3.8, 4) is 0 Å². The Morgan fingerprint density at radius 2 is 2.56 bits per heavy atom. The number of alkyl halides is 1. The zero-order chi connectivity index (χ0) is 7.28. The van der Waals surface area contributed by atoms with Crippen LogP contribution in [0.1, 0.15) is 6.92 Å². The molecule has 0 bridgehead atoms. The Balaban J connectivity index is 3.38. The van der Waals surface area contributed by atoms with Crippen molar-refractivity contribution in [2.24, 2.45) is 0 Å². The van der Waals surface area contributed by atoms with Crippen LogP contribution in [0.3, 0.4) is 0 Å². The van der Waals surface area contributed by atoms with Gasteiger partial charge in [0.2, 0.25) is 0 Å². The topological polar surface area (TPSA) is 26.3 Å². The van der Waals surface area contributed by atoms with Crippen molar-refractivity contribution >= 4 is 17.6 Å². The van der Waals surface area contributed by atoms with Crippen molar-refractivity contribution in [3.05, 3.63) is 12.7 Å². The Kier molecular flexibility index (Phi) is 4.14. The predicted octanol–water partition coefficient (Wildman–Crippen LogP) is 1.34. The van der Waals surface area contributed by atoms with E-state index in [0.717, 1.165) is 0 Å². The molecule has 0 aromatic rings. The smallest absolute Gasteiger partial charge is 0.324 e. The SMILES string of the molecule is C=CCOC(=O)C(C)Cl. The number of ether oxygens (including phenoxy) is 1. The number of carbonyl (C=O) groups is 1.